The topological polar surface area (TPSA) is 55.8 Å². The van der Waals surface area contributed by atoms with E-state index in [1.165, 1.54) is 0 Å². The molecule has 1 heterocycles. The lowest BCUT2D eigenvalue weighted by Gasteiger charge is -2.38. The molecule has 1 saturated heterocycles. The van der Waals surface area contributed by atoms with Crippen LogP contribution in [0.1, 0.15) is 31.4 Å². The molecule has 2 fully saturated rings. The standard InChI is InChI=1S/C18H26ClN3O2/c1-13(18(24)20-14-6-7-14)22-10-8-21(9-11-22)12-17(23)15-4-2-3-5-16(15)19/h2-5,13-14,17,23H,6-12H2,1H3,(H,20,24). The zero-order chi connectivity index (χ0) is 17.1. The van der Waals surface area contributed by atoms with Crippen LogP contribution in [0, 0.1) is 0 Å². The molecule has 1 saturated carbocycles. The first-order valence-electron chi connectivity index (χ1n) is 8.74. The third-order valence-corrected chi connectivity index (χ3v) is 5.30. The molecule has 1 aliphatic carbocycles. The van der Waals surface area contributed by atoms with Crippen LogP contribution in [-0.2, 0) is 4.79 Å². The SMILES string of the molecule is CC(C(=O)NC1CC1)N1CCN(CC(O)c2ccccc2Cl)CC1. The van der Waals surface area contributed by atoms with Gasteiger partial charge in [0.05, 0.1) is 12.1 Å². The molecule has 0 aromatic heterocycles. The summed E-state index contributed by atoms with van der Waals surface area (Å²) in [6.07, 6.45) is 1.65. The Hall–Kier alpha value is -1.14. The molecule has 2 aliphatic rings. The average molecular weight is 352 g/mol. The maximum Gasteiger partial charge on any atom is 0.237 e. The first-order valence-corrected chi connectivity index (χ1v) is 9.11. The van der Waals surface area contributed by atoms with Gasteiger partial charge >= 0.3 is 0 Å². The van der Waals surface area contributed by atoms with E-state index in [4.69, 9.17) is 11.6 Å². The Morgan fingerprint density at radius 1 is 1.29 bits per heavy atom. The van der Waals surface area contributed by atoms with Gasteiger partial charge in [-0.1, -0.05) is 29.8 Å². The van der Waals surface area contributed by atoms with E-state index < -0.39 is 6.10 Å². The summed E-state index contributed by atoms with van der Waals surface area (Å²) in [6, 6.07) is 7.76. The molecule has 1 aromatic rings. The second kappa shape index (κ2) is 7.83. The largest absolute Gasteiger partial charge is 0.387 e. The third kappa shape index (κ3) is 4.48. The molecule has 0 spiro atoms. The lowest BCUT2D eigenvalue weighted by atomic mass is 10.1. The molecule has 6 heteroatoms. The monoisotopic (exact) mass is 351 g/mol. The highest BCUT2D eigenvalue weighted by molar-refractivity contribution is 6.31. The van der Waals surface area contributed by atoms with Crippen LogP contribution < -0.4 is 5.32 Å². The zero-order valence-electron chi connectivity index (χ0n) is 14.1. The summed E-state index contributed by atoms with van der Waals surface area (Å²) in [5.41, 5.74) is 0.777. The van der Waals surface area contributed by atoms with Crippen LogP contribution >= 0.6 is 11.6 Å². The molecule has 2 unspecified atom stereocenters. The summed E-state index contributed by atoms with van der Waals surface area (Å²) in [7, 11) is 0. The van der Waals surface area contributed by atoms with Gasteiger partial charge in [0, 0.05) is 49.4 Å². The fraction of sp³-hybridized carbons (Fsp3) is 0.611. The van der Waals surface area contributed by atoms with E-state index in [2.05, 4.69) is 15.1 Å². The van der Waals surface area contributed by atoms with Crippen molar-refractivity contribution in [1.29, 1.82) is 0 Å². The Morgan fingerprint density at radius 3 is 2.58 bits per heavy atom. The van der Waals surface area contributed by atoms with Crippen LogP contribution in [0.25, 0.3) is 0 Å². The number of β-amino-alcohol motifs (C(OH)–C–C–N with tert-alkyl or cyclic N) is 1. The summed E-state index contributed by atoms with van der Waals surface area (Å²) >= 11 is 6.15. The number of carbonyl (C=O) groups is 1. The first-order chi connectivity index (χ1) is 11.5. The van der Waals surface area contributed by atoms with Gasteiger partial charge in [0.2, 0.25) is 5.91 Å². The van der Waals surface area contributed by atoms with Crippen molar-refractivity contribution in [2.45, 2.75) is 38.0 Å². The zero-order valence-corrected chi connectivity index (χ0v) is 14.9. The summed E-state index contributed by atoms with van der Waals surface area (Å²) in [5.74, 6) is 0.141. The summed E-state index contributed by atoms with van der Waals surface area (Å²) < 4.78 is 0. The van der Waals surface area contributed by atoms with Crippen molar-refractivity contribution in [3.63, 3.8) is 0 Å². The molecule has 2 atom stereocenters. The summed E-state index contributed by atoms with van der Waals surface area (Å²) in [5, 5.41) is 14.1. The van der Waals surface area contributed by atoms with Gasteiger partial charge in [-0.3, -0.25) is 14.6 Å². The molecule has 24 heavy (non-hydrogen) atoms. The fourth-order valence-electron chi connectivity index (χ4n) is 3.14. The average Bonchev–Trinajstić information content (AvgIpc) is 3.39. The number of nitrogens with one attached hydrogen (secondary N) is 1. The number of aliphatic hydroxyl groups excluding tert-OH is 1. The number of hydrogen-bond acceptors (Lipinski definition) is 4. The van der Waals surface area contributed by atoms with Crippen LogP contribution in [-0.4, -0.2) is 65.6 Å². The van der Waals surface area contributed by atoms with Gasteiger partial charge < -0.3 is 10.4 Å². The van der Waals surface area contributed by atoms with Crippen molar-refractivity contribution in [3.05, 3.63) is 34.9 Å². The van der Waals surface area contributed by atoms with Crippen LogP contribution in [0.5, 0.6) is 0 Å². The number of carbonyl (C=O) groups excluding carboxylic acids is 1. The number of aliphatic hydroxyl groups is 1. The Balaban J connectivity index is 1.46. The number of rotatable bonds is 6. The number of halogens is 1. The van der Waals surface area contributed by atoms with E-state index in [9.17, 15) is 9.90 Å². The van der Waals surface area contributed by atoms with E-state index in [0.717, 1.165) is 44.6 Å². The van der Waals surface area contributed by atoms with Gasteiger partial charge in [0.25, 0.3) is 0 Å². The van der Waals surface area contributed by atoms with Gasteiger partial charge in [-0.05, 0) is 25.8 Å². The van der Waals surface area contributed by atoms with Crippen LogP contribution in [0.4, 0.5) is 0 Å². The van der Waals surface area contributed by atoms with Gasteiger partial charge in [-0.25, -0.2) is 0 Å². The molecular weight excluding hydrogens is 326 g/mol. The van der Waals surface area contributed by atoms with Crippen molar-refractivity contribution in [1.82, 2.24) is 15.1 Å². The molecule has 1 aliphatic heterocycles. The molecule has 3 rings (SSSR count). The normalized spacial score (nSPS) is 22.1. The van der Waals surface area contributed by atoms with Crippen LogP contribution in [0.3, 0.4) is 0 Å². The highest BCUT2D eigenvalue weighted by atomic mass is 35.5. The molecule has 1 aromatic carbocycles. The van der Waals surface area contributed by atoms with Crippen molar-refractivity contribution in [2.24, 2.45) is 0 Å². The molecule has 0 bridgehead atoms. The van der Waals surface area contributed by atoms with Crippen molar-refractivity contribution in [3.8, 4) is 0 Å². The lowest BCUT2D eigenvalue weighted by Crippen LogP contribution is -2.54. The van der Waals surface area contributed by atoms with Gasteiger partial charge in [0.1, 0.15) is 0 Å². The second-order valence-electron chi connectivity index (χ2n) is 6.83. The predicted molar refractivity (Wildman–Crippen MR) is 95.1 cm³/mol. The molecule has 5 nitrogen and oxygen atoms in total. The molecule has 2 N–H and O–H groups in total. The minimum Gasteiger partial charge on any atom is -0.387 e. The highest BCUT2D eigenvalue weighted by Gasteiger charge is 2.30. The Labute approximate surface area is 148 Å². The van der Waals surface area contributed by atoms with Crippen LogP contribution in [0.15, 0.2) is 24.3 Å². The van der Waals surface area contributed by atoms with Crippen LogP contribution in [0.2, 0.25) is 5.02 Å². The van der Waals surface area contributed by atoms with Gasteiger partial charge in [0.15, 0.2) is 0 Å². The minimum atomic E-state index is -0.583. The van der Waals surface area contributed by atoms with E-state index in [1.54, 1.807) is 6.07 Å². The highest BCUT2D eigenvalue weighted by Crippen LogP contribution is 2.24. The Bertz CT molecular complexity index is 571. The molecular formula is C18H26ClN3O2. The van der Waals surface area contributed by atoms with Gasteiger partial charge in [-0.15, -0.1) is 0 Å². The Kier molecular flexibility index (Phi) is 5.76. The summed E-state index contributed by atoms with van der Waals surface area (Å²) in [6.45, 7) is 5.93. The van der Waals surface area contributed by atoms with Crippen molar-refractivity contribution < 1.29 is 9.90 Å². The van der Waals surface area contributed by atoms with E-state index in [1.807, 2.05) is 25.1 Å². The summed E-state index contributed by atoms with van der Waals surface area (Å²) in [4.78, 5) is 16.6. The minimum absolute atomic E-state index is 0.0822. The molecule has 132 valence electrons. The molecule has 1 amide bonds. The second-order valence-corrected chi connectivity index (χ2v) is 7.24. The smallest absolute Gasteiger partial charge is 0.237 e. The van der Waals surface area contributed by atoms with E-state index >= 15 is 0 Å². The molecule has 0 radical (unpaired) electrons. The van der Waals surface area contributed by atoms with E-state index in [-0.39, 0.29) is 11.9 Å². The maximum absolute atomic E-state index is 12.2. The quantitative estimate of drug-likeness (QED) is 0.818. The fourth-order valence-corrected chi connectivity index (χ4v) is 3.40. The predicted octanol–water partition coefficient (Wildman–Crippen LogP) is 1.66. The first kappa shape index (κ1) is 17.7. The number of nitrogens with zero attached hydrogens (tertiary/aromatic N) is 2. The van der Waals surface area contributed by atoms with Gasteiger partial charge in [-0.2, -0.15) is 0 Å². The van der Waals surface area contributed by atoms with Crippen molar-refractivity contribution >= 4 is 17.5 Å². The van der Waals surface area contributed by atoms with Crippen molar-refractivity contribution in [2.75, 3.05) is 32.7 Å². The number of piperazine rings is 1. The maximum atomic E-state index is 12.2. The number of benzene rings is 1. The Morgan fingerprint density at radius 2 is 1.96 bits per heavy atom. The number of amides is 1. The lowest BCUT2D eigenvalue weighted by molar-refractivity contribution is -0.126. The van der Waals surface area contributed by atoms with E-state index in [0.29, 0.717) is 17.6 Å². The third-order valence-electron chi connectivity index (χ3n) is 4.95. The number of hydrogen-bond donors (Lipinski definition) is 2.